The average Bonchev–Trinajstić information content (AvgIpc) is 3.13. The predicted molar refractivity (Wildman–Crippen MR) is 94.0 cm³/mol. The number of thiocarbonyl (C=S) groups is 1. The Balaban J connectivity index is 0.00000225. The Hall–Kier alpha value is -2.34. The topological polar surface area (TPSA) is 51.5 Å². The number of hydrogen-bond donors (Lipinski definition) is 0. The highest BCUT2D eigenvalue weighted by Crippen LogP contribution is 2.26. The Labute approximate surface area is 161 Å². The highest BCUT2D eigenvalue weighted by atomic mass is 79.9. The number of methoxy groups -OCH3 is 1. The van der Waals surface area contributed by atoms with E-state index in [1.165, 1.54) is 0 Å². The molecule has 0 spiro atoms. The highest BCUT2D eigenvalue weighted by molar-refractivity contribution is 7.78. The largest absolute Gasteiger partial charge is 1.00 e. The number of isothiocyanates is 1. The van der Waals surface area contributed by atoms with E-state index in [-0.39, 0.29) is 17.0 Å². The molecule has 0 fully saturated rings. The summed E-state index contributed by atoms with van der Waals surface area (Å²) in [5.74, 6) is 2.12. The lowest BCUT2D eigenvalue weighted by molar-refractivity contribution is -0.694. The maximum atomic E-state index is 5.86. The third-order valence-corrected chi connectivity index (χ3v) is 3.68. The summed E-state index contributed by atoms with van der Waals surface area (Å²) in [6, 6.07) is 11.6. The highest BCUT2D eigenvalue weighted by Gasteiger charge is 2.10. The van der Waals surface area contributed by atoms with E-state index in [1.807, 2.05) is 53.4 Å². The standard InChI is InChI=1S/C18H16N3O2S.BrH/c1-22-16-4-2-14(3-5-16)17-12-20-18(23-17)15-6-9-21(10-7-15)11-8-19-13-24;/h2-7,9-10,12H,8,11H2,1H3;1H/q+1;/p-1. The summed E-state index contributed by atoms with van der Waals surface area (Å²) >= 11 is 4.56. The van der Waals surface area contributed by atoms with Gasteiger partial charge >= 0.3 is 0 Å². The molecule has 0 aliphatic carbocycles. The zero-order valence-corrected chi connectivity index (χ0v) is 16.0. The van der Waals surface area contributed by atoms with Gasteiger partial charge in [0, 0.05) is 23.3 Å². The maximum absolute atomic E-state index is 5.86. The molecule has 0 aliphatic heterocycles. The number of nitrogens with zero attached hydrogens (tertiary/aromatic N) is 3. The zero-order valence-electron chi connectivity index (χ0n) is 13.6. The molecule has 7 heteroatoms. The summed E-state index contributed by atoms with van der Waals surface area (Å²) in [5, 5.41) is 2.36. The molecule has 2 heterocycles. The molecule has 0 bridgehead atoms. The smallest absolute Gasteiger partial charge is 0.227 e. The van der Waals surface area contributed by atoms with Crippen molar-refractivity contribution in [2.24, 2.45) is 4.99 Å². The second kappa shape index (κ2) is 9.22. The van der Waals surface area contributed by atoms with Gasteiger partial charge in [0.1, 0.15) is 12.3 Å². The van der Waals surface area contributed by atoms with Crippen LogP contribution in [-0.4, -0.2) is 23.8 Å². The number of hydrogen-bond acceptors (Lipinski definition) is 5. The van der Waals surface area contributed by atoms with Gasteiger partial charge in [-0.2, -0.15) is 0 Å². The van der Waals surface area contributed by atoms with E-state index in [9.17, 15) is 0 Å². The number of oxazole rings is 1. The third kappa shape index (κ3) is 4.82. The molecule has 0 radical (unpaired) electrons. The van der Waals surface area contributed by atoms with Crippen LogP contribution in [-0.2, 0) is 6.54 Å². The zero-order chi connectivity index (χ0) is 16.8. The number of aliphatic imine (C=N–C) groups is 1. The normalized spacial score (nSPS) is 9.80. The third-order valence-electron chi connectivity index (χ3n) is 3.55. The summed E-state index contributed by atoms with van der Waals surface area (Å²) < 4.78 is 13.0. The van der Waals surface area contributed by atoms with Crippen LogP contribution >= 0.6 is 12.2 Å². The quantitative estimate of drug-likeness (QED) is 0.331. The van der Waals surface area contributed by atoms with E-state index in [2.05, 4.69) is 27.4 Å². The molecule has 25 heavy (non-hydrogen) atoms. The number of aromatic nitrogens is 2. The second-order valence-electron chi connectivity index (χ2n) is 5.06. The van der Waals surface area contributed by atoms with Crippen LogP contribution in [0.2, 0.25) is 0 Å². The van der Waals surface area contributed by atoms with Gasteiger partial charge in [0.15, 0.2) is 24.7 Å². The molecule has 0 atom stereocenters. The predicted octanol–water partition coefficient (Wildman–Crippen LogP) is 0.411. The molecule has 2 aromatic heterocycles. The minimum absolute atomic E-state index is 0. The van der Waals surface area contributed by atoms with Crippen LogP contribution in [0.4, 0.5) is 0 Å². The van der Waals surface area contributed by atoms with Crippen molar-refractivity contribution >= 4 is 17.4 Å². The lowest BCUT2D eigenvalue weighted by atomic mass is 10.2. The molecular formula is C18H16BrN3O2S. The molecule has 0 unspecified atom stereocenters. The van der Waals surface area contributed by atoms with E-state index in [0.29, 0.717) is 12.4 Å². The fourth-order valence-corrected chi connectivity index (χ4v) is 2.35. The van der Waals surface area contributed by atoms with Crippen LogP contribution in [0.15, 0.2) is 64.4 Å². The molecule has 0 N–H and O–H groups in total. The van der Waals surface area contributed by atoms with Gasteiger partial charge in [-0.25, -0.2) is 14.5 Å². The molecule has 0 aliphatic rings. The van der Waals surface area contributed by atoms with Crippen molar-refractivity contribution in [1.82, 2.24) is 4.98 Å². The van der Waals surface area contributed by atoms with Gasteiger partial charge in [0.2, 0.25) is 5.89 Å². The fourth-order valence-electron chi connectivity index (χ4n) is 2.26. The Morgan fingerprint density at radius 1 is 1.16 bits per heavy atom. The van der Waals surface area contributed by atoms with E-state index < -0.39 is 0 Å². The van der Waals surface area contributed by atoms with Crippen LogP contribution in [0.3, 0.4) is 0 Å². The Morgan fingerprint density at radius 3 is 2.52 bits per heavy atom. The molecular weight excluding hydrogens is 402 g/mol. The molecule has 0 amide bonds. The SMILES string of the molecule is COc1ccc(-c2cnc(-c3cc[n+](CCN=C=S)cc3)o2)cc1.[Br-]. The van der Waals surface area contributed by atoms with Crippen LogP contribution in [0.5, 0.6) is 5.75 Å². The van der Waals surface area contributed by atoms with Crippen molar-refractivity contribution in [3.63, 3.8) is 0 Å². The van der Waals surface area contributed by atoms with Crippen molar-refractivity contribution in [1.29, 1.82) is 0 Å². The molecule has 3 aromatic rings. The lowest BCUT2D eigenvalue weighted by Gasteiger charge is -2.00. The first kappa shape index (κ1) is 19.0. The molecule has 0 saturated heterocycles. The maximum Gasteiger partial charge on any atom is 0.227 e. The molecule has 5 nitrogen and oxygen atoms in total. The van der Waals surface area contributed by atoms with E-state index in [0.717, 1.165) is 29.2 Å². The Bertz CT molecular complexity index is 857. The van der Waals surface area contributed by atoms with E-state index in [4.69, 9.17) is 9.15 Å². The summed E-state index contributed by atoms with van der Waals surface area (Å²) in [5.41, 5.74) is 1.88. The Kier molecular flexibility index (Phi) is 7.01. The van der Waals surface area contributed by atoms with Crippen LogP contribution < -0.4 is 26.3 Å². The first-order valence-electron chi connectivity index (χ1n) is 7.43. The number of benzene rings is 1. The van der Waals surface area contributed by atoms with Crippen LogP contribution in [0, 0.1) is 0 Å². The van der Waals surface area contributed by atoms with Gasteiger partial charge in [-0.1, -0.05) is 0 Å². The van der Waals surface area contributed by atoms with Gasteiger partial charge in [-0.3, -0.25) is 0 Å². The first-order chi connectivity index (χ1) is 11.8. The summed E-state index contributed by atoms with van der Waals surface area (Å²) in [4.78, 5) is 8.26. The number of rotatable bonds is 6. The second-order valence-corrected chi connectivity index (χ2v) is 5.24. The minimum Gasteiger partial charge on any atom is -1.00 e. The van der Waals surface area contributed by atoms with Crippen molar-refractivity contribution in [3.8, 4) is 28.5 Å². The number of pyridine rings is 1. The van der Waals surface area contributed by atoms with Crippen molar-refractivity contribution < 1.29 is 30.7 Å². The van der Waals surface area contributed by atoms with Gasteiger partial charge in [-0.15, -0.1) is 0 Å². The average molecular weight is 418 g/mol. The number of ether oxygens (including phenoxy) is 1. The minimum atomic E-state index is 0. The lowest BCUT2D eigenvalue weighted by Crippen LogP contribution is -3.00. The molecule has 3 rings (SSSR count). The van der Waals surface area contributed by atoms with Gasteiger partial charge in [0.05, 0.1) is 18.5 Å². The molecule has 1 aromatic carbocycles. The van der Waals surface area contributed by atoms with Crippen molar-refractivity contribution in [2.45, 2.75) is 6.54 Å². The summed E-state index contributed by atoms with van der Waals surface area (Å²) in [6.07, 6.45) is 5.66. The first-order valence-corrected chi connectivity index (χ1v) is 7.84. The van der Waals surface area contributed by atoms with Crippen LogP contribution in [0.25, 0.3) is 22.8 Å². The van der Waals surface area contributed by atoms with Gasteiger partial charge in [-0.05, 0) is 36.5 Å². The molecule has 0 saturated carbocycles. The molecule has 128 valence electrons. The van der Waals surface area contributed by atoms with Gasteiger partial charge < -0.3 is 26.1 Å². The van der Waals surface area contributed by atoms with E-state index in [1.54, 1.807) is 13.3 Å². The van der Waals surface area contributed by atoms with Crippen molar-refractivity contribution in [3.05, 3.63) is 55.0 Å². The summed E-state index contributed by atoms with van der Waals surface area (Å²) in [6.45, 7) is 1.38. The van der Waals surface area contributed by atoms with Crippen LogP contribution in [0.1, 0.15) is 0 Å². The van der Waals surface area contributed by atoms with Crippen molar-refractivity contribution in [2.75, 3.05) is 13.7 Å². The van der Waals surface area contributed by atoms with Gasteiger partial charge in [0.25, 0.3) is 0 Å². The number of halogens is 1. The van der Waals surface area contributed by atoms with E-state index >= 15 is 0 Å². The fraction of sp³-hybridized carbons (Fsp3) is 0.167. The summed E-state index contributed by atoms with van der Waals surface area (Å²) in [7, 11) is 1.64. The monoisotopic (exact) mass is 417 g/mol. The Morgan fingerprint density at radius 2 is 1.88 bits per heavy atom.